The number of piperidine rings is 1. The van der Waals surface area contributed by atoms with Crippen LogP contribution in [0, 0.1) is 5.82 Å². The Kier molecular flexibility index (Phi) is 6.87. The van der Waals surface area contributed by atoms with E-state index in [2.05, 4.69) is 15.3 Å². The minimum atomic E-state index is -3.19. The van der Waals surface area contributed by atoms with E-state index in [1.54, 1.807) is 18.3 Å². The Balaban J connectivity index is 1.55. The van der Waals surface area contributed by atoms with Crippen molar-refractivity contribution in [1.82, 2.24) is 14.3 Å². The molecule has 1 saturated heterocycles. The van der Waals surface area contributed by atoms with Gasteiger partial charge < -0.3 is 14.8 Å². The first-order valence-electron chi connectivity index (χ1n) is 10.5. The summed E-state index contributed by atoms with van der Waals surface area (Å²) in [7, 11) is -3.19. The van der Waals surface area contributed by atoms with Crippen LogP contribution in [0.3, 0.4) is 0 Å². The van der Waals surface area contributed by atoms with Crippen LogP contribution in [0.15, 0.2) is 36.5 Å². The van der Waals surface area contributed by atoms with Crippen LogP contribution in [0.25, 0.3) is 10.9 Å². The molecular weight excluding hydrogens is 471 g/mol. The van der Waals surface area contributed by atoms with Crippen molar-refractivity contribution in [3.05, 3.63) is 47.4 Å². The predicted octanol–water partition coefficient (Wildman–Crippen LogP) is 4.37. The van der Waals surface area contributed by atoms with Crippen LogP contribution in [0.5, 0.6) is 11.5 Å². The Hall–Kier alpha value is -2.69. The molecular formula is C22H24ClFN4O4S. The molecule has 176 valence electrons. The summed E-state index contributed by atoms with van der Waals surface area (Å²) in [6.07, 6.45) is 3.94. The molecule has 3 aromatic rings. The summed E-state index contributed by atoms with van der Waals surface area (Å²) in [5.41, 5.74) is 1.20. The van der Waals surface area contributed by atoms with Gasteiger partial charge in [-0.1, -0.05) is 11.6 Å². The molecule has 1 fully saturated rings. The summed E-state index contributed by atoms with van der Waals surface area (Å²) in [4.78, 5) is 8.85. The van der Waals surface area contributed by atoms with Gasteiger partial charge in [0, 0.05) is 36.4 Å². The molecule has 8 nitrogen and oxygen atoms in total. The molecule has 1 aromatic heterocycles. The molecule has 0 saturated carbocycles. The first-order chi connectivity index (χ1) is 15.7. The highest BCUT2D eigenvalue weighted by molar-refractivity contribution is 7.88. The lowest BCUT2D eigenvalue weighted by Crippen LogP contribution is -2.41. The van der Waals surface area contributed by atoms with Gasteiger partial charge >= 0.3 is 0 Å². The van der Waals surface area contributed by atoms with E-state index in [0.29, 0.717) is 61.2 Å². The van der Waals surface area contributed by atoms with Crippen molar-refractivity contribution in [3.8, 4) is 11.5 Å². The predicted molar refractivity (Wildman–Crippen MR) is 125 cm³/mol. The largest absolute Gasteiger partial charge is 0.490 e. The number of hydrogen-bond donors (Lipinski definition) is 1. The Morgan fingerprint density at radius 1 is 1.21 bits per heavy atom. The lowest BCUT2D eigenvalue weighted by atomic mass is 10.1. The number of aromatic nitrogens is 2. The molecule has 0 radical (unpaired) electrons. The number of benzene rings is 2. The van der Waals surface area contributed by atoms with Gasteiger partial charge in [-0.25, -0.2) is 27.1 Å². The van der Waals surface area contributed by atoms with Gasteiger partial charge in [0.1, 0.15) is 11.9 Å². The molecule has 1 aliphatic rings. The number of anilines is 2. The quantitative estimate of drug-likeness (QED) is 0.521. The van der Waals surface area contributed by atoms with E-state index in [1.807, 2.05) is 13.0 Å². The van der Waals surface area contributed by atoms with Crippen molar-refractivity contribution >= 4 is 44.2 Å². The van der Waals surface area contributed by atoms with E-state index < -0.39 is 15.8 Å². The van der Waals surface area contributed by atoms with Crippen molar-refractivity contribution in [1.29, 1.82) is 0 Å². The van der Waals surface area contributed by atoms with Crippen LogP contribution in [-0.2, 0) is 10.0 Å². The summed E-state index contributed by atoms with van der Waals surface area (Å²) in [5, 5.41) is 3.77. The fraction of sp³-hybridized carbons (Fsp3) is 0.364. The molecule has 4 rings (SSSR count). The maximum absolute atomic E-state index is 13.4. The maximum Gasteiger partial charge on any atom is 0.227 e. The van der Waals surface area contributed by atoms with E-state index in [9.17, 15) is 12.8 Å². The van der Waals surface area contributed by atoms with Crippen LogP contribution in [0.4, 0.5) is 16.0 Å². The third kappa shape index (κ3) is 5.63. The van der Waals surface area contributed by atoms with Crippen LogP contribution in [0.1, 0.15) is 19.8 Å². The Morgan fingerprint density at radius 3 is 2.64 bits per heavy atom. The van der Waals surface area contributed by atoms with Gasteiger partial charge in [0.15, 0.2) is 11.5 Å². The summed E-state index contributed by atoms with van der Waals surface area (Å²) in [6.45, 7) is 3.17. The molecule has 11 heteroatoms. The Bertz CT molecular complexity index is 1270. The number of sulfonamides is 1. The fourth-order valence-electron chi connectivity index (χ4n) is 3.62. The van der Waals surface area contributed by atoms with E-state index in [-0.39, 0.29) is 11.1 Å². The number of ether oxygens (including phenoxy) is 2. The molecule has 0 aliphatic carbocycles. The van der Waals surface area contributed by atoms with Gasteiger partial charge in [0.05, 0.1) is 23.4 Å². The van der Waals surface area contributed by atoms with Crippen molar-refractivity contribution in [2.24, 2.45) is 0 Å². The van der Waals surface area contributed by atoms with Gasteiger partial charge in [-0.2, -0.15) is 0 Å². The highest BCUT2D eigenvalue weighted by Crippen LogP contribution is 2.34. The van der Waals surface area contributed by atoms with Crippen LogP contribution in [-0.4, -0.2) is 54.7 Å². The van der Waals surface area contributed by atoms with Gasteiger partial charge in [0.2, 0.25) is 16.0 Å². The fourth-order valence-corrected chi connectivity index (χ4v) is 4.68. The van der Waals surface area contributed by atoms with Crippen molar-refractivity contribution in [2.45, 2.75) is 25.9 Å². The van der Waals surface area contributed by atoms with Gasteiger partial charge in [-0.3, -0.25) is 0 Å². The van der Waals surface area contributed by atoms with Crippen LogP contribution < -0.4 is 14.8 Å². The first-order valence-corrected chi connectivity index (χ1v) is 12.7. The highest BCUT2D eigenvalue weighted by Gasteiger charge is 2.26. The monoisotopic (exact) mass is 494 g/mol. The third-order valence-corrected chi connectivity index (χ3v) is 6.88. The second-order valence-electron chi connectivity index (χ2n) is 7.72. The van der Waals surface area contributed by atoms with Crippen molar-refractivity contribution in [3.63, 3.8) is 0 Å². The zero-order chi connectivity index (χ0) is 23.6. The zero-order valence-electron chi connectivity index (χ0n) is 18.2. The molecule has 0 atom stereocenters. The molecule has 1 N–H and O–H groups in total. The van der Waals surface area contributed by atoms with Crippen molar-refractivity contribution in [2.75, 3.05) is 31.3 Å². The Morgan fingerprint density at radius 2 is 1.97 bits per heavy atom. The summed E-state index contributed by atoms with van der Waals surface area (Å²) in [6, 6.07) is 7.88. The van der Waals surface area contributed by atoms with E-state index >= 15 is 0 Å². The minimum absolute atomic E-state index is 0.00332. The smallest absolute Gasteiger partial charge is 0.227 e. The van der Waals surface area contributed by atoms with E-state index in [0.717, 1.165) is 5.39 Å². The number of nitrogens with one attached hydrogen (secondary N) is 1. The summed E-state index contributed by atoms with van der Waals surface area (Å²) < 4.78 is 50.3. The second-order valence-corrected chi connectivity index (χ2v) is 10.1. The number of nitrogens with zero attached hydrogens (tertiary/aromatic N) is 3. The molecule has 2 heterocycles. The van der Waals surface area contributed by atoms with Crippen LogP contribution >= 0.6 is 11.6 Å². The standard InChI is InChI=1S/C22H24ClFN4O4S/c1-3-31-20-12-19-14(10-21(20)32-16-6-8-28(9-7-16)33(2,29)30)13-25-22(27-19)26-15-4-5-18(24)17(23)11-15/h4-5,10-13,16H,3,6-9H2,1-2H3,(H,25,26,27). The molecule has 0 spiro atoms. The van der Waals surface area contributed by atoms with Crippen LogP contribution in [0.2, 0.25) is 5.02 Å². The van der Waals surface area contributed by atoms with Gasteiger partial charge in [0.25, 0.3) is 0 Å². The molecule has 1 aliphatic heterocycles. The number of rotatable bonds is 7. The van der Waals surface area contributed by atoms with Gasteiger partial charge in [-0.05, 0) is 44.0 Å². The highest BCUT2D eigenvalue weighted by atomic mass is 35.5. The maximum atomic E-state index is 13.4. The average molecular weight is 495 g/mol. The molecule has 0 bridgehead atoms. The molecule has 33 heavy (non-hydrogen) atoms. The normalized spacial score (nSPS) is 15.5. The van der Waals surface area contributed by atoms with Gasteiger partial charge in [-0.15, -0.1) is 0 Å². The topological polar surface area (TPSA) is 93.7 Å². The lowest BCUT2D eigenvalue weighted by Gasteiger charge is -2.30. The summed E-state index contributed by atoms with van der Waals surface area (Å²) in [5.74, 6) is 0.939. The molecule has 2 aromatic carbocycles. The third-order valence-electron chi connectivity index (χ3n) is 5.28. The lowest BCUT2D eigenvalue weighted by molar-refractivity contribution is 0.130. The average Bonchev–Trinajstić information content (AvgIpc) is 2.77. The van der Waals surface area contributed by atoms with Crippen molar-refractivity contribution < 1.29 is 22.3 Å². The SMILES string of the molecule is CCOc1cc2nc(Nc3ccc(F)c(Cl)c3)ncc2cc1OC1CCN(S(C)(=O)=O)CC1. The van der Waals surface area contributed by atoms with E-state index in [1.165, 1.54) is 22.7 Å². The number of hydrogen-bond acceptors (Lipinski definition) is 7. The molecule has 0 unspecified atom stereocenters. The molecule has 0 amide bonds. The Labute approximate surface area is 196 Å². The second kappa shape index (κ2) is 9.66. The first kappa shape index (κ1) is 23.5. The summed E-state index contributed by atoms with van der Waals surface area (Å²) >= 11 is 5.84. The zero-order valence-corrected chi connectivity index (χ0v) is 19.8. The minimum Gasteiger partial charge on any atom is -0.490 e. The van der Waals surface area contributed by atoms with E-state index in [4.69, 9.17) is 21.1 Å². The number of halogens is 2. The number of fused-ring (bicyclic) bond motifs is 1.